The molecule has 1 aromatic heterocycles. The number of oxazole rings is 1. The predicted octanol–water partition coefficient (Wildman–Crippen LogP) is 1.78. The number of hydrogen-bond donors (Lipinski definition) is 1. The van der Waals surface area contributed by atoms with Crippen molar-refractivity contribution in [1.29, 1.82) is 0 Å². The minimum absolute atomic E-state index is 0.0435. The number of amides is 1. The Balaban J connectivity index is 1.90. The number of benzene rings is 1. The Labute approximate surface area is 114 Å². The predicted molar refractivity (Wildman–Crippen MR) is 70.0 cm³/mol. The van der Waals surface area contributed by atoms with Crippen LogP contribution in [0.1, 0.15) is 6.42 Å². The van der Waals surface area contributed by atoms with Crippen molar-refractivity contribution < 1.29 is 19.1 Å². The molecule has 1 saturated heterocycles. The number of carbonyl (C=O) groups is 2. The fourth-order valence-electron chi connectivity index (χ4n) is 2.31. The van der Waals surface area contributed by atoms with Gasteiger partial charge in [-0.15, -0.1) is 0 Å². The van der Waals surface area contributed by atoms with Gasteiger partial charge in [0, 0.05) is 24.2 Å². The summed E-state index contributed by atoms with van der Waals surface area (Å²) in [5.74, 6) is -1.15. The Bertz CT molecular complexity index is 651. The number of anilines is 1. The van der Waals surface area contributed by atoms with Gasteiger partial charge in [0.2, 0.25) is 5.91 Å². The second kappa shape index (κ2) is 4.80. The van der Waals surface area contributed by atoms with Crippen LogP contribution in [0.2, 0.25) is 0 Å². The summed E-state index contributed by atoms with van der Waals surface area (Å²) in [4.78, 5) is 28.2. The largest absolute Gasteiger partial charge is 0.481 e. The number of carboxylic acids is 1. The highest BCUT2D eigenvalue weighted by atomic mass is 16.4. The van der Waals surface area contributed by atoms with Crippen molar-refractivity contribution in [2.75, 3.05) is 11.4 Å². The van der Waals surface area contributed by atoms with Gasteiger partial charge in [-0.1, -0.05) is 12.1 Å². The summed E-state index contributed by atoms with van der Waals surface area (Å²) in [7, 11) is 0. The quantitative estimate of drug-likeness (QED) is 0.920. The highest BCUT2D eigenvalue weighted by molar-refractivity contribution is 5.99. The molecule has 1 atom stereocenters. The highest BCUT2D eigenvalue weighted by Crippen LogP contribution is 2.29. The van der Waals surface area contributed by atoms with Crippen LogP contribution in [0.25, 0.3) is 11.3 Å². The number of rotatable bonds is 3. The smallest absolute Gasteiger partial charge is 0.308 e. The van der Waals surface area contributed by atoms with Crippen LogP contribution in [-0.2, 0) is 9.59 Å². The molecule has 0 spiro atoms. The first-order valence-electron chi connectivity index (χ1n) is 6.17. The average molecular weight is 272 g/mol. The molecule has 0 bridgehead atoms. The molecule has 6 heteroatoms. The number of aromatic nitrogens is 1. The van der Waals surface area contributed by atoms with Crippen LogP contribution in [0.3, 0.4) is 0 Å². The van der Waals surface area contributed by atoms with E-state index in [4.69, 9.17) is 9.52 Å². The lowest BCUT2D eigenvalue weighted by Gasteiger charge is -2.16. The molecule has 1 aromatic carbocycles. The number of carboxylic acid groups (broad SMARTS) is 1. The highest BCUT2D eigenvalue weighted by Gasteiger charge is 2.35. The molecule has 20 heavy (non-hydrogen) atoms. The maximum atomic E-state index is 11.9. The Morgan fingerprint density at radius 3 is 2.95 bits per heavy atom. The Morgan fingerprint density at radius 1 is 1.45 bits per heavy atom. The van der Waals surface area contributed by atoms with Crippen LogP contribution in [0, 0.1) is 5.92 Å². The summed E-state index contributed by atoms with van der Waals surface area (Å²) >= 11 is 0. The second-order valence-corrected chi connectivity index (χ2v) is 4.66. The third kappa shape index (κ3) is 2.16. The van der Waals surface area contributed by atoms with E-state index in [1.54, 1.807) is 24.4 Å². The molecule has 1 unspecified atom stereocenters. The van der Waals surface area contributed by atoms with Crippen LogP contribution in [0.4, 0.5) is 5.69 Å². The SMILES string of the molecule is O=C(O)C1CC(=O)N(c2cccc(-c3cnco3)c2)C1. The maximum absolute atomic E-state index is 11.9. The maximum Gasteiger partial charge on any atom is 0.308 e. The van der Waals surface area contributed by atoms with E-state index in [-0.39, 0.29) is 18.9 Å². The molecule has 2 aromatic rings. The zero-order valence-electron chi connectivity index (χ0n) is 10.5. The first-order valence-corrected chi connectivity index (χ1v) is 6.17. The van der Waals surface area contributed by atoms with E-state index in [9.17, 15) is 9.59 Å². The Morgan fingerprint density at radius 2 is 2.30 bits per heavy atom. The second-order valence-electron chi connectivity index (χ2n) is 4.66. The van der Waals surface area contributed by atoms with Gasteiger partial charge >= 0.3 is 5.97 Å². The van der Waals surface area contributed by atoms with Crippen LogP contribution < -0.4 is 4.90 Å². The lowest BCUT2D eigenvalue weighted by atomic mass is 10.1. The van der Waals surface area contributed by atoms with Crippen LogP contribution >= 0.6 is 0 Å². The monoisotopic (exact) mass is 272 g/mol. The van der Waals surface area contributed by atoms with Gasteiger partial charge in [0.15, 0.2) is 12.2 Å². The van der Waals surface area contributed by atoms with E-state index in [0.717, 1.165) is 5.56 Å². The molecule has 6 nitrogen and oxygen atoms in total. The summed E-state index contributed by atoms with van der Waals surface area (Å²) in [5.41, 5.74) is 1.47. The van der Waals surface area contributed by atoms with Crippen molar-refractivity contribution in [3.8, 4) is 11.3 Å². The van der Waals surface area contributed by atoms with E-state index < -0.39 is 11.9 Å². The van der Waals surface area contributed by atoms with Crippen molar-refractivity contribution in [3.63, 3.8) is 0 Å². The van der Waals surface area contributed by atoms with E-state index in [0.29, 0.717) is 11.4 Å². The fourth-order valence-corrected chi connectivity index (χ4v) is 2.31. The van der Waals surface area contributed by atoms with Crippen LogP contribution in [-0.4, -0.2) is 28.5 Å². The van der Waals surface area contributed by atoms with Crippen LogP contribution in [0.15, 0.2) is 41.3 Å². The molecule has 0 radical (unpaired) electrons. The third-order valence-electron chi connectivity index (χ3n) is 3.35. The minimum Gasteiger partial charge on any atom is -0.481 e. The first-order chi connectivity index (χ1) is 9.65. The number of aliphatic carboxylic acids is 1. The lowest BCUT2D eigenvalue weighted by molar-refractivity contribution is -0.141. The van der Waals surface area contributed by atoms with Gasteiger partial charge in [0.1, 0.15) is 0 Å². The molecule has 0 aliphatic carbocycles. The van der Waals surface area contributed by atoms with Gasteiger partial charge < -0.3 is 14.4 Å². The normalized spacial score (nSPS) is 18.5. The summed E-state index contributed by atoms with van der Waals surface area (Å²) in [6.07, 6.45) is 2.97. The van der Waals surface area contributed by atoms with Crippen molar-refractivity contribution in [3.05, 3.63) is 36.9 Å². The van der Waals surface area contributed by atoms with Gasteiger partial charge in [-0.3, -0.25) is 9.59 Å². The minimum atomic E-state index is -0.938. The molecule has 0 saturated carbocycles. The molecule has 3 rings (SSSR count). The molecular weight excluding hydrogens is 260 g/mol. The fraction of sp³-hybridized carbons (Fsp3) is 0.214. The molecule has 1 fully saturated rings. The number of carbonyl (C=O) groups excluding carboxylic acids is 1. The summed E-state index contributed by atoms with van der Waals surface area (Å²) < 4.78 is 5.21. The number of nitrogens with zero attached hydrogens (tertiary/aromatic N) is 2. The van der Waals surface area contributed by atoms with E-state index in [2.05, 4.69) is 4.98 Å². The summed E-state index contributed by atoms with van der Waals surface area (Å²) in [6, 6.07) is 7.22. The zero-order valence-corrected chi connectivity index (χ0v) is 10.5. The van der Waals surface area contributed by atoms with E-state index in [1.165, 1.54) is 11.3 Å². The molecule has 1 aliphatic heterocycles. The molecular formula is C14H12N2O4. The van der Waals surface area contributed by atoms with E-state index >= 15 is 0 Å². The zero-order chi connectivity index (χ0) is 14.1. The Kier molecular flexibility index (Phi) is 2.98. The van der Waals surface area contributed by atoms with Crippen molar-refractivity contribution in [2.45, 2.75) is 6.42 Å². The van der Waals surface area contributed by atoms with Crippen molar-refractivity contribution in [2.24, 2.45) is 5.92 Å². The molecule has 1 N–H and O–H groups in total. The summed E-state index contributed by atoms with van der Waals surface area (Å²) in [6.45, 7) is 0.202. The van der Waals surface area contributed by atoms with E-state index in [1.807, 2.05) is 6.07 Å². The van der Waals surface area contributed by atoms with Crippen LogP contribution in [0.5, 0.6) is 0 Å². The van der Waals surface area contributed by atoms with Gasteiger partial charge in [-0.05, 0) is 12.1 Å². The molecule has 1 aliphatic rings. The van der Waals surface area contributed by atoms with Crippen molar-refractivity contribution >= 4 is 17.6 Å². The average Bonchev–Trinajstić information content (AvgIpc) is 3.08. The molecule has 102 valence electrons. The standard InChI is InChI=1S/C14H12N2O4/c17-13-5-10(14(18)19)7-16(13)11-3-1-2-9(4-11)12-6-15-8-20-12/h1-4,6,8,10H,5,7H2,(H,18,19). The Hall–Kier alpha value is -2.63. The summed E-state index contributed by atoms with van der Waals surface area (Å²) in [5, 5.41) is 9.00. The topological polar surface area (TPSA) is 83.6 Å². The van der Waals surface area contributed by atoms with Gasteiger partial charge in [0.25, 0.3) is 0 Å². The molecule has 1 amide bonds. The van der Waals surface area contributed by atoms with Crippen molar-refractivity contribution in [1.82, 2.24) is 4.98 Å². The third-order valence-corrected chi connectivity index (χ3v) is 3.35. The molecule has 2 heterocycles. The number of hydrogen-bond acceptors (Lipinski definition) is 4. The van der Waals surface area contributed by atoms with Gasteiger partial charge in [-0.2, -0.15) is 0 Å². The lowest BCUT2D eigenvalue weighted by Crippen LogP contribution is -2.25. The van der Waals surface area contributed by atoms with Gasteiger partial charge in [0.05, 0.1) is 12.1 Å². The van der Waals surface area contributed by atoms with Gasteiger partial charge in [-0.25, -0.2) is 4.98 Å². The first kappa shape index (κ1) is 12.4.